The van der Waals surface area contributed by atoms with Crippen molar-refractivity contribution in [2.45, 2.75) is 89.1 Å². The van der Waals surface area contributed by atoms with Crippen molar-refractivity contribution in [3.8, 4) is 5.75 Å². The van der Waals surface area contributed by atoms with Crippen LogP contribution in [-0.4, -0.2) is 45.8 Å². The molecule has 7 nitrogen and oxygen atoms in total. The van der Waals surface area contributed by atoms with E-state index in [1.165, 1.54) is 5.56 Å². The predicted octanol–water partition coefficient (Wildman–Crippen LogP) is 6.57. The number of carbonyl (C=O) groups is 2. The average molecular weight is 641 g/mol. The van der Waals surface area contributed by atoms with E-state index in [1.807, 2.05) is 56.3 Å². The van der Waals surface area contributed by atoms with Crippen LogP contribution in [-0.2, 0) is 29.2 Å². The number of aliphatic hydroxyl groups is 1. The third-order valence-electron chi connectivity index (χ3n) is 9.92. The summed E-state index contributed by atoms with van der Waals surface area (Å²) in [5.74, 6) is 0.310. The van der Waals surface area contributed by atoms with Crippen LogP contribution >= 0.6 is 11.6 Å². The van der Waals surface area contributed by atoms with Crippen LogP contribution in [0.1, 0.15) is 86.7 Å². The maximum atomic E-state index is 13.8. The number of ether oxygens (including phenoxy) is 1. The Balaban J connectivity index is 1.54. The van der Waals surface area contributed by atoms with E-state index < -0.39 is 28.1 Å². The van der Waals surface area contributed by atoms with Crippen LogP contribution in [0, 0.1) is 17.8 Å². The van der Waals surface area contributed by atoms with Crippen molar-refractivity contribution < 1.29 is 24.0 Å². The molecule has 0 aromatic heterocycles. The van der Waals surface area contributed by atoms with Crippen LogP contribution in [0.15, 0.2) is 48.6 Å². The second-order valence-corrected chi connectivity index (χ2v) is 14.7. The molecule has 0 spiro atoms. The number of hydrogen-bond acceptors (Lipinski definition) is 6. The molecule has 1 saturated carbocycles. The second kappa shape index (κ2) is 14.7. The summed E-state index contributed by atoms with van der Waals surface area (Å²) >= 11 is 4.37. The van der Waals surface area contributed by atoms with E-state index in [2.05, 4.69) is 9.62 Å². The first-order valence-electron chi connectivity index (χ1n) is 16.1. The number of rotatable bonds is 4. The lowest BCUT2D eigenvalue weighted by Crippen LogP contribution is -2.53. The largest absolute Gasteiger partial charge is 0.592 e. The van der Waals surface area contributed by atoms with E-state index in [0.29, 0.717) is 42.2 Å². The number of aliphatic hydroxyl groups excluding tert-OH is 1. The summed E-state index contributed by atoms with van der Waals surface area (Å²) in [6.45, 7) is 5.80. The van der Waals surface area contributed by atoms with E-state index in [9.17, 15) is 19.2 Å². The first kappa shape index (κ1) is 32.9. The molecule has 0 saturated heterocycles. The van der Waals surface area contributed by atoms with Crippen LogP contribution in [0.25, 0.3) is 0 Å². The molecule has 2 N–H and O–H groups in total. The number of hydrogen-bond donors (Lipinski definition) is 2. The van der Waals surface area contributed by atoms with Gasteiger partial charge in [-0.1, -0.05) is 50.1 Å². The number of aldehydes is 1. The highest BCUT2D eigenvalue weighted by Crippen LogP contribution is 2.41. The number of allylic oxidation sites excluding steroid dienone is 1. The van der Waals surface area contributed by atoms with E-state index in [-0.39, 0.29) is 17.8 Å². The minimum atomic E-state index is -1.95. The molecular weight excluding hydrogens is 596 g/mol. The summed E-state index contributed by atoms with van der Waals surface area (Å²) in [5, 5.41) is 11.9. The minimum absolute atomic E-state index is 0.125. The SMILES string of the molecule is CCCCC1(C=O)[C@@H](C)C/C=C/[C@H](O)[C@@H]2CC[C@H]2CN2CCCCc3cc(Cl)ccc3COc3ccc(cc32)C(=O)N[S+]1[O-]. The van der Waals surface area contributed by atoms with Crippen molar-refractivity contribution >= 4 is 40.8 Å². The molecule has 9 heteroatoms. The van der Waals surface area contributed by atoms with Gasteiger partial charge in [-0.25, -0.2) is 0 Å². The zero-order valence-corrected chi connectivity index (χ0v) is 27.4. The maximum Gasteiger partial charge on any atom is 0.292 e. The minimum Gasteiger partial charge on any atom is -0.592 e. The van der Waals surface area contributed by atoms with Gasteiger partial charge in [0.05, 0.1) is 23.2 Å². The molecule has 0 radical (unpaired) electrons. The van der Waals surface area contributed by atoms with Crippen molar-refractivity contribution in [3.05, 3.63) is 70.3 Å². The van der Waals surface area contributed by atoms with E-state index in [4.69, 9.17) is 16.3 Å². The molecular formula is C35H45ClN2O5S. The Kier molecular flexibility index (Phi) is 11.0. The van der Waals surface area contributed by atoms with Gasteiger partial charge in [0.1, 0.15) is 12.4 Å². The van der Waals surface area contributed by atoms with Crippen LogP contribution in [0.2, 0.25) is 5.02 Å². The lowest BCUT2D eigenvalue weighted by molar-refractivity contribution is -0.111. The number of amides is 1. The highest BCUT2D eigenvalue weighted by Gasteiger charge is 2.48. The maximum absolute atomic E-state index is 13.8. The predicted molar refractivity (Wildman–Crippen MR) is 176 cm³/mol. The number of halogens is 1. The van der Waals surface area contributed by atoms with Crippen LogP contribution in [0.3, 0.4) is 0 Å². The Morgan fingerprint density at radius 3 is 2.80 bits per heavy atom. The molecule has 6 atom stereocenters. The highest BCUT2D eigenvalue weighted by molar-refractivity contribution is 7.92. The molecule has 2 unspecified atom stereocenters. The van der Waals surface area contributed by atoms with Crippen molar-refractivity contribution in [1.29, 1.82) is 0 Å². The molecule has 2 aromatic rings. The Bertz CT molecular complexity index is 1350. The first-order chi connectivity index (χ1) is 21.3. The Morgan fingerprint density at radius 2 is 2.05 bits per heavy atom. The highest BCUT2D eigenvalue weighted by atomic mass is 35.5. The fourth-order valence-electron chi connectivity index (χ4n) is 6.83. The van der Waals surface area contributed by atoms with Crippen LogP contribution < -0.4 is 14.4 Å². The molecule has 1 amide bonds. The molecule has 44 heavy (non-hydrogen) atoms. The van der Waals surface area contributed by atoms with Crippen molar-refractivity contribution in [1.82, 2.24) is 4.72 Å². The van der Waals surface area contributed by atoms with Crippen molar-refractivity contribution in [2.24, 2.45) is 17.8 Å². The van der Waals surface area contributed by atoms with Gasteiger partial charge >= 0.3 is 0 Å². The van der Waals surface area contributed by atoms with Gasteiger partial charge in [-0.05, 0) is 98.2 Å². The lowest BCUT2D eigenvalue weighted by Gasteiger charge is -2.42. The van der Waals surface area contributed by atoms with E-state index >= 15 is 0 Å². The number of nitrogens with one attached hydrogen (secondary N) is 1. The van der Waals surface area contributed by atoms with E-state index in [0.717, 1.165) is 69.2 Å². The normalized spacial score (nSPS) is 30.3. The molecule has 1 fully saturated rings. The summed E-state index contributed by atoms with van der Waals surface area (Å²) in [7, 11) is 0. The zero-order valence-electron chi connectivity index (χ0n) is 25.8. The van der Waals surface area contributed by atoms with Gasteiger partial charge < -0.3 is 19.3 Å². The van der Waals surface area contributed by atoms with Gasteiger partial charge in [-0.2, -0.15) is 4.72 Å². The van der Waals surface area contributed by atoms with Gasteiger partial charge in [0, 0.05) is 36.0 Å². The monoisotopic (exact) mass is 640 g/mol. The molecule has 3 aliphatic rings. The van der Waals surface area contributed by atoms with Crippen LogP contribution in [0.4, 0.5) is 5.69 Å². The third kappa shape index (κ3) is 7.14. The molecule has 1 aliphatic carbocycles. The Labute approximate surface area is 269 Å². The number of nitrogens with zero attached hydrogens (tertiary/aromatic N) is 1. The quantitative estimate of drug-likeness (QED) is 0.223. The third-order valence-corrected chi connectivity index (χ3v) is 11.9. The summed E-state index contributed by atoms with van der Waals surface area (Å²) in [5.41, 5.74) is 3.44. The van der Waals surface area contributed by atoms with E-state index in [1.54, 1.807) is 6.07 Å². The fraction of sp³-hybridized carbons (Fsp3) is 0.543. The summed E-state index contributed by atoms with van der Waals surface area (Å²) in [6, 6.07) is 11.3. The molecule has 238 valence electrons. The van der Waals surface area contributed by atoms with Crippen molar-refractivity contribution in [3.63, 3.8) is 0 Å². The summed E-state index contributed by atoms with van der Waals surface area (Å²) < 4.78 is 21.7. The molecule has 2 heterocycles. The van der Waals surface area contributed by atoms with Gasteiger partial charge in [-0.3, -0.25) is 9.59 Å². The standard InChI is InChI=1S/C35H45ClN2O5S/c1-3-4-17-35(23-39)24(2)8-7-10-32(40)30-15-12-27(30)21-38-18-6-5-9-25-19-29(36)14-11-28(25)22-43-33-16-13-26(20-31(33)38)34(41)37-44(35)42/h7,10-11,13-14,16,19-20,23-24,27,30,32,40H,3-6,8-9,12,15,17-18,21-22H2,1-2H3,(H,37,41)/b10-7+/t24-,27-,30+,32-,35?,44?/m0/s1. The van der Waals surface area contributed by atoms with Gasteiger partial charge in [-0.15, -0.1) is 0 Å². The lowest BCUT2D eigenvalue weighted by atomic mass is 9.70. The molecule has 2 bridgehead atoms. The fourth-order valence-corrected chi connectivity index (χ4v) is 8.38. The smallest absolute Gasteiger partial charge is 0.292 e. The summed E-state index contributed by atoms with van der Waals surface area (Å²) in [4.78, 5) is 28.6. The number of carbonyl (C=O) groups excluding carboxylic acids is 2. The summed E-state index contributed by atoms with van der Waals surface area (Å²) in [6.07, 6.45) is 11.2. The number of aryl methyl sites for hydroxylation is 1. The van der Waals surface area contributed by atoms with Gasteiger partial charge in [0.15, 0.2) is 6.29 Å². The van der Waals surface area contributed by atoms with Crippen molar-refractivity contribution in [2.75, 3.05) is 18.0 Å². The van der Waals surface area contributed by atoms with Gasteiger partial charge in [0.2, 0.25) is 4.75 Å². The topological polar surface area (TPSA) is 102 Å². The molecule has 2 aliphatic heterocycles. The second-order valence-electron chi connectivity index (χ2n) is 12.7. The molecule has 5 rings (SSSR count). The number of benzene rings is 2. The van der Waals surface area contributed by atoms with Crippen LogP contribution in [0.5, 0.6) is 5.75 Å². The number of anilines is 1. The average Bonchev–Trinajstić information content (AvgIpc) is 3.02. The first-order valence-corrected chi connectivity index (χ1v) is 17.6. The van der Waals surface area contributed by atoms with Gasteiger partial charge in [0.25, 0.3) is 5.91 Å². The molecule has 2 aromatic carbocycles. The Hall–Kier alpha value is -2.52. The number of fused-ring (bicyclic) bond motifs is 3. The zero-order chi connectivity index (χ0) is 31.3. The Morgan fingerprint density at radius 1 is 1.20 bits per heavy atom. The number of unbranched alkanes of at least 4 members (excludes halogenated alkanes) is 1.